The summed E-state index contributed by atoms with van der Waals surface area (Å²) in [4.78, 5) is 14.3. The molecule has 0 spiro atoms. The highest BCUT2D eigenvalue weighted by Gasteiger charge is 2.18. The summed E-state index contributed by atoms with van der Waals surface area (Å²) < 4.78 is 36.7. The van der Waals surface area contributed by atoms with Crippen molar-refractivity contribution in [3.05, 3.63) is 52.9 Å². The van der Waals surface area contributed by atoms with Crippen molar-refractivity contribution in [2.75, 3.05) is 35.9 Å². The van der Waals surface area contributed by atoms with Crippen LogP contribution in [0.4, 0.5) is 11.4 Å². The van der Waals surface area contributed by atoms with E-state index < -0.39 is 10.0 Å². The fraction of sp³-hybridized carbons (Fsp3) is 0.316. The molecule has 2 heterocycles. The first-order valence-electron chi connectivity index (χ1n) is 8.98. The summed E-state index contributed by atoms with van der Waals surface area (Å²) in [6.07, 6.45) is 0. The molecule has 1 aliphatic heterocycles. The van der Waals surface area contributed by atoms with Gasteiger partial charge in [0.2, 0.25) is 0 Å². The molecule has 8 nitrogen and oxygen atoms in total. The van der Waals surface area contributed by atoms with Crippen LogP contribution < -0.4 is 15.3 Å². The van der Waals surface area contributed by atoms with Crippen LogP contribution in [-0.2, 0) is 28.9 Å². The molecule has 0 atom stereocenters. The third-order valence-corrected chi connectivity index (χ3v) is 6.41. The number of imidazole rings is 1. The standard InChI is InChI=1S/C19H22N4O4S/c1-21-17-7-6-16(13-18(17)22(2)19(21)24)28(25,26)20-14-4-3-5-15(12-14)23-8-10-27-11-9-23/h3-7,12-13,20H,8-11H2,1-2H3. The molecule has 1 aromatic heterocycles. The quantitative estimate of drug-likeness (QED) is 0.715. The van der Waals surface area contributed by atoms with Gasteiger partial charge >= 0.3 is 5.69 Å². The van der Waals surface area contributed by atoms with E-state index in [0.717, 1.165) is 18.8 Å². The van der Waals surface area contributed by atoms with Crippen LogP contribution in [0.2, 0.25) is 0 Å². The van der Waals surface area contributed by atoms with Crippen molar-refractivity contribution < 1.29 is 13.2 Å². The summed E-state index contributed by atoms with van der Waals surface area (Å²) in [7, 11) is -0.504. The number of hydrogen-bond donors (Lipinski definition) is 1. The molecule has 1 aliphatic rings. The summed E-state index contributed by atoms with van der Waals surface area (Å²) in [5.74, 6) is 0. The van der Waals surface area contributed by atoms with E-state index in [-0.39, 0.29) is 10.6 Å². The molecule has 148 valence electrons. The van der Waals surface area contributed by atoms with Crippen molar-refractivity contribution >= 4 is 32.4 Å². The molecular formula is C19H22N4O4S. The maximum atomic E-state index is 12.9. The van der Waals surface area contributed by atoms with Crippen molar-refractivity contribution in [1.29, 1.82) is 0 Å². The number of nitrogens with zero attached hydrogens (tertiary/aromatic N) is 3. The third kappa shape index (κ3) is 3.27. The number of ether oxygens (including phenoxy) is 1. The lowest BCUT2D eigenvalue weighted by Gasteiger charge is -2.29. The molecule has 9 heteroatoms. The van der Waals surface area contributed by atoms with E-state index in [9.17, 15) is 13.2 Å². The van der Waals surface area contributed by atoms with Crippen LogP contribution in [0, 0.1) is 0 Å². The first-order chi connectivity index (χ1) is 13.4. The number of morpholine rings is 1. The van der Waals surface area contributed by atoms with E-state index in [0.29, 0.717) is 29.9 Å². The molecule has 2 aromatic carbocycles. The molecule has 0 saturated carbocycles. The van der Waals surface area contributed by atoms with Crippen molar-refractivity contribution in [3.8, 4) is 0 Å². The number of sulfonamides is 1. The number of rotatable bonds is 4. The predicted octanol–water partition coefficient (Wildman–Crippen LogP) is 1.51. The minimum atomic E-state index is -3.79. The van der Waals surface area contributed by atoms with Gasteiger partial charge in [0.05, 0.1) is 34.8 Å². The normalized spacial score (nSPS) is 15.1. The van der Waals surface area contributed by atoms with Gasteiger partial charge < -0.3 is 9.64 Å². The topological polar surface area (TPSA) is 85.6 Å². The predicted molar refractivity (Wildman–Crippen MR) is 108 cm³/mol. The Kier molecular flexibility index (Phi) is 4.64. The van der Waals surface area contributed by atoms with Crippen molar-refractivity contribution in [3.63, 3.8) is 0 Å². The maximum absolute atomic E-state index is 12.9. The SMILES string of the molecule is Cn1c(=O)n(C)c2cc(S(=O)(=O)Nc3cccc(N4CCOCC4)c3)ccc21. The summed E-state index contributed by atoms with van der Waals surface area (Å²) in [5.41, 5.74) is 2.49. The van der Waals surface area contributed by atoms with Gasteiger partial charge in [0.1, 0.15) is 0 Å². The average Bonchev–Trinajstić information content (AvgIpc) is 2.92. The lowest BCUT2D eigenvalue weighted by atomic mass is 10.2. The molecule has 28 heavy (non-hydrogen) atoms. The number of aromatic nitrogens is 2. The molecule has 0 radical (unpaired) electrons. The van der Waals surface area contributed by atoms with Gasteiger partial charge in [-0.3, -0.25) is 13.9 Å². The highest BCUT2D eigenvalue weighted by Crippen LogP contribution is 2.24. The van der Waals surface area contributed by atoms with E-state index >= 15 is 0 Å². The number of hydrogen-bond acceptors (Lipinski definition) is 5. The summed E-state index contributed by atoms with van der Waals surface area (Å²) in [6, 6.07) is 12.0. The van der Waals surface area contributed by atoms with Gasteiger partial charge in [0.25, 0.3) is 10.0 Å². The molecule has 0 unspecified atom stereocenters. The van der Waals surface area contributed by atoms with Crippen molar-refractivity contribution in [2.45, 2.75) is 4.90 Å². The number of nitrogens with one attached hydrogen (secondary N) is 1. The number of benzene rings is 2. The Morgan fingerprint density at radius 1 is 0.964 bits per heavy atom. The molecule has 1 N–H and O–H groups in total. The van der Waals surface area contributed by atoms with Gasteiger partial charge in [0.15, 0.2) is 0 Å². The zero-order valence-electron chi connectivity index (χ0n) is 15.8. The fourth-order valence-corrected chi connectivity index (χ4v) is 4.52. The number of anilines is 2. The Morgan fingerprint density at radius 2 is 1.68 bits per heavy atom. The van der Waals surface area contributed by atoms with Gasteiger partial charge in [-0.1, -0.05) is 6.07 Å². The molecule has 3 aromatic rings. The van der Waals surface area contributed by atoms with E-state index in [1.54, 1.807) is 26.2 Å². The molecule has 1 saturated heterocycles. The number of aryl methyl sites for hydroxylation is 2. The van der Waals surface area contributed by atoms with Crippen molar-refractivity contribution in [1.82, 2.24) is 9.13 Å². The van der Waals surface area contributed by atoms with Crippen LogP contribution in [0.25, 0.3) is 11.0 Å². The number of fused-ring (bicyclic) bond motifs is 1. The molecule has 0 bridgehead atoms. The zero-order valence-corrected chi connectivity index (χ0v) is 16.6. The average molecular weight is 402 g/mol. The summed E-state index contributed by atoms with van der Waals surface area (Å²) >= 11 is 0. The van der Waals surface area contributed by atoms with Gasteiger partial charge in [-0.2, -0.15) is 0 Å². The first-order valence-corrected chi connectivity index (χ1v) is 10.5. The molecule has 0 aliphatic carbocycles. The largest absolute Gasteiger partial charge is 0.378 e. The fourth-order valence-electron chi connectivity index (χ4n) is 3.46. The van der Waals surface area contributed by atoms with E-state index in [2.05, 4.69) is 9.62 Å². The monoisotopic (exact) mass is 402 g/mol. The van der Waals surface area contributed by atoms with Crippen LogP contribution in [0.15, 0.2) is 52.2 Å². The third-order valence-electron chi connectivity index (χ3n) is 5.03. The van der Waals surface area contributed by atoms with Crippen molar-refractivity contribution in [2.24, 2.45) is 14.1 Å². The molecule has 4 rings (SSSR count). The second-order valence-corrected chi connectivity index (χ2v) is 8.49. The van der Waals surface area contributed by atoms with E-state index in [4.69, 9.17) is 4.74 Å². The van der Waals surface area contributed by atoms with E-state index in [1.807, 2.05) is 18.2 Å². The summed E-state index contributed by atoms with van der Waals surface area (Å²) in [6.45, 7) is 2.86. The summed E-state index contributed by atoms with van der Waals surface area (Å²) in [5, 5.41) is 0. The van der Waals surface area contributed by atoms with Crippen LogP contribution in [-0.4, -0.2) is 43.9 Å². The van der Waals surface area contributed by atoms with Gasteiger partial charge in [-0.15, -0.1) is 0 Å². The minimum Gasteiger partial charge on any atom is -0.378 e. The van der Waals surface area contributed by atoms with Gasteiger partial charge in [-0.25, -0.2) is 13.2 Å². The zero-order chi connectivity index (χ0) is 19.9. The van der Waals surface area contributed by atoms with Crippen LogP contribution in [0.3, 0.4) is 0 Å². The van der Waals surface area contributed by atoms with Crippen LogP contribution in [0.1, 0.15) is 0 Å². The Balaban J connectivity index is 1.65. The Hall–Kier alpha value is -2.78. The maximum Gasteiger partial charge on any atom is 0.328 e. The highest BCUT2D eigenvalue weighted by atomic mass is 32.2. The van der Waals surface area contributed by atoms with Gasteiger partial charge in [-0.05, 0) is 36.4 Å². The van der Waals surface area contributed by atoms with Crippen LogP contribution in [0.5, 0.6) is 0 Å². The lowest BCUT2D eigenvalue weighted by molar-refractivity contribution is 0.122. The highest BCUT2D eigenvalue weighted by molar-refractivity contribution is 7.92. The van der Waals surface area contributed by atoms with Crippen LogP contribution >= 0.6 is 0 Å². The molecule has 1 fully saturated rings. The van der Waals surface area contributed by atoms with E-state index in [1.165, 1.54) is 21.3 Å². The molecule has 0 amide bonds. The Morgan fingerprint density at radius 3 is 2.43 bits per heavy atom. The first kappa shape index (κ1) is 18.6. The lowest BCUT2D eigenvalue weighted by Crippen LogP contribution is -2.36. The minimum absolute atomic E-state index is 0.109. The molecular weight excluding hydrogens is 380 g/mol. The second kappa shape index (κ2) is 6.99. The smallest absolute Gasteiger partial charge is 0.328 e. The second-order valence-electron chi connectivity index (χ2n) is 6.81. The Labute approximate surface area is 163 Å². The Bertz CT molecular complexity index is 1190. The van der Waals surface area contributed by atoms with Gasteiger partial charge in [0, 0.05) is 32.9 Å².